The molecule has 4 heteroatoms. The molecule has 1 aliphatic carbocycles. The molecule has 4 N–H and O–H groups in total. The maximum absolute atomic E-state index is 12.2. The number of benzene rings is 1. The average Bonchev–Trinajstić information content (AvgIpc) is 2.32. The molecular weight excluding hydrogens is 228 g/mol. The van der Waals surface area contributed by atoms with Crippen LogP contribution in [-0.4, -0.2) is 23.2 Å². The SMILES string of the molecule is CC(C(=O)NC1(CO)CCC1)c1cccc(N)c1. The van der Waals surface area contributed by atoms with Gasteiger partial charge in [-0.25, -0.2) is 0 Å². The van der Waals surface area contributed by atoms with Crippen LogP contribution >= 0.6 is 0 Å². The molecule has 4 nitrogen and oxygen atoms in total. The maximum Gasteiger partial charge on any atom is 0.227 e. The third-order valence-corrected chi connectivity index (χ3v) is 3.81. The Bertz CT molecular complexity index is 436. The number of aliphatic hydroxyl groups is 1. The molecular formula is C14H20N2O2. The summed E-state index contributed by atoms with van der Waals surface area (Å²) in [6.45, 7) is 1.87. The summed E-state index contributed by atoms with van der Waals surface area (Å²) in [5.74, 6) is -0.299. The summed E-state index contributed by atoms with van der Waals surface area (Å²) in [6, 6.07) is 7.36. The van der Waals surface area contributed by atoms with Crippen molar-refractivity contribution in [2.75, 3.05) is 12.3 Å². The van der Waals surface area contributed by atoms with Gasteiger partial charge in [0.25, 0.3) is 0 Å². The van der Waals surface area contributed by atoms with Crippen LogP contribution in [0, 0.1) is 0 Å². The molecule has 0 radical (unpaired) electrons. The summed E-state index contributed by atoms with van der Waals surface area (Å²) in [5, 5.41) is 12.3. The highest BCUT2D eigenvalue weighted by Crippen LogP contribution is 2.32. The molecule has 98 valence electrons. The Balaban J connectivity index is 2.05. The van der Waals surface area contributed by atoms with E-state index in [4.69, 9.17) is 5.73 Å². The first-order valence-electron chi connectivity index (χ1n) is 6.35. The van der Waals surface area contributed by atoms with Crippen molar-refractivity contribution in [2.24, 2.45) is 0 Å². The number of hydrogen-bond acceptors (Lipinski definition) is 3. The second-order valence-corrected chi connectivity index (χ2v) is 5.17. The summed E-state index contributed by atoms with van der Waals surface area (Å²) in [7, 11) is 0. The Morgan fingerprint density at radius 1 is 1.56 bits per heavy atom. The molecule has 1 atom stereocenters. The van der Waals surface area contributed by atoms with Gasteiger partial charge in [-0.2, -0.15) is 0 Å². The van der Waals surface area contributed by atoms with Crippen molar-refractivity contribution in [2.45, 2.75) is 37.6 Å². The minimum absolute atomic E-state index is 0.0163. The number of nitrogens with one attached hydrogen (secondary N) is 1. The van der Waals surface area contributed by atoms with Crippen molar-refractivity contribution in [3.05, 3.63) is 29.8 Å². The van der Waals surface area contributed by atoms with Gasteiger partial charge in [-0.15, -0.1) is 0 Å². The smallest absolute Gasteiger partial charge is 0.227 e. The van der Waals surface area contributed by atoms with Crippen molar-refractivity contribution in [3.63, 3.8) is 0 Å². The van der Waals surface area contributed by atoms with E-state index in [2.05, 4.69) is 5.32 Å². The van der Waals surface area contributed by atoms with Crippen LogP contribution in [0.1, 0.15) is 37.7 Å². The van der Waals surface area contributed by atoms with E-state index in [9.17, 15) is 9.90 Å². The van der Waals surface area contributed by atoms with Crippen LogP contribution in [0.3, 0.4) is 0 Å². The van der Waals surface area contributed by atoms with Gasteiger partial charge in [0.2, 0.25) is 5.91 Å². The molecule has 0 aliphatic heterocycles. The Morgan fingerprint density at radius 3 is 2.78 bits per heavy atom. The zero-order chi connectivity index (χ0) is 13.2. The normalized spacial score (nSPS) is 18.8. The van der Waals surface area contributed by atoms with E-state index >= 15 is 0 Å². The van der Waals surface area contributed by atoms with Crippen molar-refractivity contribution in [1.29, 1.82) is 0 Å². The maximum atomic E-state index is 12.2. The quantitative estimate of drug-likeness (QED) is 0.705. The third-order valence-electron chi connectivity index (χ3n) is 3.81. The molecule has 1 unspecified atom stereocenters. The summed E-state index contributed by atoms with van der Waals surface area (Å²) < 4.78 is 0. The lowest BCUT2D eigenvalue weighted by Crippen LogP contribution is -2.57. The number of carbonyl (C=O) groups excluding carboxylic acids is 1. The topological polar surface area (TPSA) is 75.3 Å². The Kier molecular flexibility index (Phi) is 3.57. The molecule has 1 aliphatic rings. The van der Waals surface area contributed by atoms with E-state index in [-0.39, 0.29) is 24.0 Å². The number of amides is 1. The average molecular weight is 248 g/mol. The van der Waals surface area contributed by atoms with Crippen molar-refractivity contribution >= 4 is 11.6 Å². The lowest BCUT2D eigenvalue weighted by atomic mass is 9.77. The third kappa shape index (κ3) is 2.48. The molecule has 0 heterocycles. The van der Waals surface area contributed by atoms with Crippen molar-refractivity contribution in [1.82, 2.24) is 5.32 Å². The second kappa shape index (κ2) is 4.98. The van der Waals surface area contributed by atoms with Crippen LogP contribution in [0.15, 0.2) is 24.3 Å². The molecule has 2 rings (SSSR count). The van der Waals surface area contributed by atoms with Gasteiger partial charge in [-0.05, 0) is 43.9 Å². The minimum Gasteiger partial charge on any atom is -0.399 e. The molecule has 1 aromatic carbocycles. The molecule has 18 heavy (non-hydrogen) atoms. The minimum atomic E-state index is -0.383. The summed E-state index contributed by atoms with van der Waals surface area (Å²) in [6.07, 6.45) is 2.78. The summed E-state index contributed by atoms with van der Waals surface area (Å²) in [5.41, 5.74) is 6.89. The fourth-order valence-electron chi connectivity index (χ4n) is 2.28. The van der Waals surface area contributed by atoms with Crippen LogP contribution in [0.2, 0.25) is 0 Å². The van der Waals surface area contributed by atoms with Crippen LogP contribution in [0.4, 0.5) is 5.69 Å². The zero-order valence-corrected chi connectivity index (χ0v) is 10.6. The second-order valence-electron chi connectivity index (χ2n) is 5.17. The number of carbonyl (C=O) groups is 1. The van der Waals surface area contributed by atoms with Crippen LogP contribution in [-0.2, 0) is 4.79 Å². The first-order chi connectivity index (χ1) is 8.56. The monoisotopic (exact) mass is 248 g/mol. The van der Waals surface area contributed by atoms with Gasteiger partial charge < -0.3 is 16.2 Å². The molecule has 0 saturated heterocycles. The first-order valence-corrected chi connectivity index (χ1v) is 6.35. The molecule has 1 amide bonds. The van der Waals surface area contributed by atoms with E-state index in [1.165, 1.54) is 0 Å². The number of anilines is 1. The molecule has 0 bridgehead atoms. The van der Waals surface area contributed by atoms with E-state index in [0.717, 1.165) is 24.8 Å². The van der Waals surface area contributed by atoms with E-state index < -0.39 is 0 Å². The van der Waals surface area contributed by atoms with Gasteiger partial charge in [0.15, 0.2) is 0 Å². The molecule has 0 spiro atoms. The molecule has 0 aromatic heterocycles. The highest BCUT2D eigenvalue weighted by Gasteiger charge is 2.38. The van der Waals surface area contributed by atoms with Crippen molar-refractivity contribution < 1.29 is 9.90 Å². The van der Waals surface area contributed by atoms with E-state index in [1.54, 1.807) is 6.07 Å². The van der Waals surface area contributed by atoms with Crippen LogP contribution in [0.25, 0.3) is 0 Å². The van der Waals surface area contributed by atoms with Gasteiger partial charge in [0, 0.05) is 5.69 Å². The molecule has 1 aromatic rings. The highest BCUT2D eigenvalue weighted by atomic mass is 16.3. The van der Waals surface area contributed by atoms with Gasteiger partial charge in [0.1, 0.15) is 0 Å². The number of hydrogen-bond donors (Lipinski definition) is 3. The highest BCUT2D eigenvalue weighted by molar-refractivity contribution is 5.84. The number of aliphatic hydroxyl groups excluding tert-OH is 1. The number of rotatable bonds is 4. The fourth-order valence-corrected chi connectivity index (χ4v) is 2.28. The fraction of sp³-hybridized carbons (Fsp3) is 0.500. The molecule has 1 saturated carbocycles. The number of nitrogen functional groups attached to an aromatic ring is 1. The summed E-state index contributed by atoms with van der Waals surface area (Å²) >= 11 is 0. The standard InChI is InChI=1S/C14H20N2O2/c1-10(11-4-2-5-12(15)8-11)13(18)16-14(9-17)6-3-7-14/h2,4-5,8,10,17H,3,6-7,9,15H2,1H3,(H,16,18). The lowest BCUT2D eigenvalue weighted by Gasteiger charge is -2.41. The van der Waals surface area contributed by atoms with Gasteiger partial charge in [-0.1, -0.05) is 12.1 Å². The zero-order valence-electron chi connectivity index (χ0n) is 10.6. The summed E-state index contributed by atoms with van der Waals surface area (Å²) in [4.78, 5) is 12.2. The van der Waals surface area contributed by atoms with E-state index in [1.807, 2.05) is 25.1 Å². The predicted octanol–water partition coefficient (Wildman–Crippen LogP) is 1.40. The van der Waals surface area contributed by atoms with Crippen LogP contribution in [0.5, 0.6) is 0 Å². The Labute approximate surface area is 107 Å². The lowest BCUT2D eigenvalue weighted by molar-refractivity contribution is -0.126. The largest absolute Gasteiger partial charge is 0.399 e. The van der Waals surface area contributed by atoms with Gasteiger partial charge >= 0.3 is 0 Å². The first kappa shape index (κ1) is 12.9. The van der Waals surface area contributed by atoms with Crippen molar-refractivity contribution in [3.8, 4) is 0 Å². The number of nitrogens with two attached hydrogens (primary N) is 1. The molecule has 1 fully saturated rings. The Morgan fingerprint density at radius 2 is 2.28 bits per heavy atom. The van der Waals surface area contributed by atoms with E-state index in [0.29, 0.717) is 5.69 Å². The Hall–Kier alpha value is -1.55. The van der Waals surface area contributed by atoms with Gasteiger partial charge in [0.05, 0.1) is 18.1 Å². The van der Waals surface area contributed by atoms with Gasteiger partial charge in [-0.3, -0.25) is 4.79 Å². The van der Waals surface area contributed by atoms with Crippen LogP contribution < -0.4 is 11.1 Å². The predicted molar refractivity (Wildman–Crippen MR) is 71.1 cm³/mol.